The average molecular weight is 221 g/mol. The summed E-state index contributed by atoms with van der Waals surface area (Å²) >= 11 is 0. The Morgan fingerprint density at radius 2 is 1.93 bits per heavy atom. The topological polar surface area (TPSA) is 47.0 Å². The van der Waals surface area contributed by atoms with Crippen molar-refractivity contribution in [3.8, 4) is 5.88 Å². The molecule has 0 aliphatic rings. The van der Waals surface area contributed by atoms with Crippen LogP contribution in [-0.2, 0) is 0 Å². The molecule has 0 saturated heterocycles. The van der Waals surface area contributed by atoms with Crippen LogP contribution in [-0.4, -0.2) is 30.3 Å². The standard InChI is InChI=1S/C8H10F3N3O/c1-12-6(8(9,10)11)5-7(15-2)14-4-3-13-5/h3-4,6,12H,1-2H3. The Bertz CT molecular complexity index is 329. The van der Waals surface area contributed by atoms with E-state index in [4.69, 9.17) is 4.74 Å². The second-order valence-electron chi connectivity index (χ2n) is 2.71. The van der Waals surface area contributed by atoms with E-state index in [-0.39, 0.29) is 11.6 Å². The summed E-state index contributed by atoms with van der Waals surface area (Å²) in [6.45, 7) is 0. The average Bonchev–Trinajstić information content (AvgIpc) is 2.17. The molecule has 1 unspecified atom stereocenters. The molecular weight excluding hydrogens is 211 g/mol. The maximum atomic E-state index is 12.5. The van der Waals surface area contributed by atoms with Gasteiger partial charge in [0.1, 0.15) is 5.69 Å². The Kier molecular flexibility index (Phi) is 3.46. The van der Waals surface area contributed by atoms with Crippen molar-refractivity contribution >= 4 is 0 Å². The summed E-state index contributed by atoms with van der Waals surface area (Å²) < 4.78 is 42.3. The van der Waals surface area contributed by atoms with Crippen LogP contribution in [0, 0.1) is 0 Å². The number of rotatable bonds is 3. The minimum absolute atomic E-state index is 0.130. The Morgan fingerprint density at radius 3 is 2.40 bits per heavy atom. The number of methoxy groups -OCH3 is 1. The third kappa shape index (κ3) is 2.56. The quantitative estimate of drug-likeness (QED) is 0.835. The van der Waals surface area contributed by atoms with Crippen LogP contribution in [0.3, 0.4) is 0 Å². The fourth-order valence-electron chi connectivity index (χ4n) is 1.15. The maximum absolute atomic E-state index is 12.5. The van der Waals surface area contributed by atoms with Crippen molar-refractivity contribution in [3.63, 3.8) is 0 Å². The van der Waals surface area contributed by atoms with Crippen molar-refractivity contribution < 1.29 is 17.9 Å². The number of nitrogens with zero attached hydrogens (tertiary/aromatic N) is 2. The number of nitrogens with one attached hydrogen (secondary N) is 1. The fraction of sp³-hybridized carbons (Fsp3) is 0.500. The minimum atomic E-state index is -4.43. The van der Waals surface area contributed by atoms with E-state index in [1.54, 1.807) is 0 Å². The number of halogens is 3. The highest BCUT2D eigenvalue weighted by Gasteiger charge is 2.42. The molecule has 0 radical (unpaired) electrons. The first-order valence-electron chi connectivity index (χ1n) is 4.09. The molecule has 1 rings (SSSR count). The molecule has 0 aromatic carbocycles. The lowest BCUT2D eigenvalue weighted by molar-refractivity contribution is -0.157. The van der Waals surface area contributed by atoms with Crippen molar-refractivity contribution in [1.82, 2.24) is 15.3 Å². The maximum Gasteiger partial charge on any atom is 0.409 e. The summed E-state index contributed by atoms with van der Waals surface area (Å²) in [6.07, 6.45) is -1.97. The molecule has 1 heterocycles. The van der Waals surface area contributed by atoms with Gasteiger partial charge >= 0.3 is 6.18 Å². The Balaban J connectivity index is 3.12. The molecule has 1 N–H and O–H groups in total. The molecular formula is C8H10F3N3O. The molecule has 0 spiro atoms. The molecule has 0 aliphatic carbocycles. The summed E-state index contributed by atoms with van der Waals surface area (Å²) in [5.41, 5.74) is -0.269. The normalized spacial score (nSPS) is 13.7. The van der Waals surface area contributed by atoms with Crippen LogP contribution < -0.4 is 10.1 Å². The molecule has 1 atom stereocenters. The Morgan fingerprint density at radius 1 is 1.33 bits per heavy atom. The highest BCUT2D eigenvalue weighted by molar-refractivity contribution is 5.22. The van der Waals surface area contributed by atoms with E-state index in [1.807, 2.05) is 0 Å². The van der Waals surface area contributed by atoms with Gasteiger partial charge in [0, 0.05) is 12.4 Å². The first kappa shape index (κ1) is 11.7. The van der Waals surface area contributed by atoms with E-state index in [0.29, 0.717) is 0 Å². The van der Waals surface area contributed by atoms with Gasteiger partial charge in [-0.15, -0.1) is 0 Å². The number of ether oxygens (including phenoxy) is 1. The molecule has 0 amide bonds. The molecule has 0 fully saturated rings. The van der Waals surface area contributed by atoms with Gasteiger partial charge in [-0.25, -0.2) is 4.98 Å². The van der Waals surface area contributed by atoms with Gasteiger partial charge in [0.15, 0.2) is 6.04 Å². The van der Waals surface area contributed by atoms with Gasteiger partial charge in [-0.05, 0) is 7.05 Å². The number of hydrogen-bond acceptors (Lipinski definition) is 4. The van der Waals surface area contributed by atoms with Crippen molar-refractivity contribution in [2.75, 3.05) is 14.2 Å². The van der Waals surface area contributed by atoms with E-state index in [9.17, 15) is 13.2 Å². The largest absolute Gasteiger partial charge is 0.480 e. The highest BCUT2D eigenvalue weighted by Crippen LogP contribution is 2.34. The summed E-state index contributed by atoms with van der Waals surface area (Å²) in [5.74, 6) is -0.130. The van der Waals surface area contributed by atoms with E-state index in [2.05, 4.69) is 15.3 Å². The van der Waals surface area contributed by atoms with Crippen LogP contribution in [0.2, 0.25) is 0 Å². The number of alkyl halides is 3. The molecule has 4 nitrogen and oxygen atoms in total. The van der Waals surface area contributed by atoms with Crippen molar-refractivity contribution in [2.24, 2.45) is 0 Å². The Hall–Kier alpha value is -1.37. The van der Waals surface area contributed by atoms with Crippen LogP contribution in [0.1, 0.15) is 11.7 Å². The van der Waals surface area contributed by atoms with Crippen molar-refractivity contribution in [2.45, 2.75) is 12.2 Å². The zero-order valence-corrected chi connectivity index (χ0v) is 8.17. The monoisotopic (exact) mass is 221 g/mol. The lowest BCUT2D eigenvalue weighted by atomic mass is 10.2. The lowest BCUT2D eigenvalue weighted by Gasteiger charge is -2.19. The van der Waals surface area contributed by atoms with Gasteiger partial charge in [0.25, 0.3) is 0 Å². The number of hydrogen-bond donors (Lipinski definition) is 1. The molecule has 0 saturated carbocycles. The van der Waals surface area contributed by atoms with Crippen molar-refractivity contribution in [3.05, 3.63) is 18.1 Å². The molecule has 15 heavy (non-hydrogen) atoms. The third-order valence-corrected chi connectivity index (χ3v) is 1.77. The predicted molar refractivity (Wildman–Crippen MR) is 46.4 cm³/mol. The smallest absolute Gasteiger partial charge is 0.409 e. The van der Waals surface area contributed by atoms with Gasteiger partial charge in [0.05, 0.1) is 7.11 Å². The van der Waals surface area contributed by atoms with Gasteiger partial charge in [-0.1, -0.05) is 0 Å². The third-order valence-electron chi connectivity index (χ3n) is 1.77. The van der Waals surface area contributed by atoms with Gasteiger partial charge in [-0.3, -0.25) is 4.98 Å². The summed E-state index contributed by atoms with van der Waals surface area (Å²) in [7, 11) is 2.45. The zero-order chi connectivity index (χ0) is 11.5. The first-order chi connectivity index (χ1) is 7.00. The fourth-order valence-corrected chi connectivity index (χ4v) is 1.15. The number of aromatic nitrogens is 2. The zero-order valence-electron chi connectivity index (χ0n) is 8.17. The Labute approximate surface area is 84.5 Å². The van der Waals surface area contributed by atoms with Gasteiger partial charge in [0.2, 0.25) is 5.88 Å². The highest BCUT2D eigenvalue weighted by atomic mass is 19.4. The molecule has 0 bridgehead atoms. The molecule has 84 valence electrons. The van der Waals surface area contributed by atoms with Crippen LogP contribution in [0.4, 0.5) is 13.2 Å². The van der Waals surface area contributed by atoms with Crippen LogP contribution in [0.15, 0.2) is 12.4 Å². The molecule has 7 heteroatoms. The predicted octanol–water partition coefficient (Wildman–Crippen LogP) is 1.31. The SMILES string of the molecule is CNC(c1nccnc1OC)C(F)(F)F. The summed E-state index contributed by atoms with van der Waals surface area (Å²) in [4.78, 5) is 7.27. The molecule has 1 aromatic rings. The van der Waals surface area contributed by atoms with Gasteiger partial charge in [-0.2, -0.15) is 13.2 Å². The summed E-state index contributed by atoms with van der Waals surface area (Å²) in [6, 6.07) is -1.87. The summed E-state index contributed by atoms with van der Waals surface area (Å²) in [5, 5.41) is 2.13. The second-order valence-corrected chi connectivity index (χ2v) is 2.71. The van der Waals surface area contributed by atoms with Crippen LogP contribution in [0.5, 0.6) is 5.88 Å². The van der Waals surface area contributed by atoms with E-state index < -0.39 is 12.2 Å². The lowest BCUT2D eigenvalue weighted by Crippen LogP contribution is -2.32. The van der Waals surface area contributed by atoms with E-state index >= 15 is 0 Å². The van der Waals surface area contributed by atoms with Crippen molar-refractivity contribution in [1.29, 1.82) is 0 Å². The molecule has 1 aromatic heterocycles. The van der Waals surface area contributed by atoms with Crippen LogP contribution >= 0.6 is 0 Å². The van der Waals surface area contributed by atoms with Crippen LogP contribution in [0.25, 0.3) is 0 Å². The van der Waals surface area contributed by atoms with E-state index in [0.717, 1.165) is 0 Å². The second kappa shape index (κ2) is 4.43. The first-order valence-corrected chi connectivity index (χ1v) is 4.09. The molecule has 0 aliphatic heterocycles. The van der Waals surface area contributed by atoms with E-state index in [1.165, 1.54) is 26.6 Å². The minimum Gasteiger partial charge on any atom is -0.480 e. The van der Waals surface area contributed by atoms with Gasteiger partial charge < -0.3 is 10.1 Å².